The number of nitro benzene ring substituents is 1. The fourth-order valence-corrected chi connectivity index (χ4v) is 1.58. The van der Waals surface area contributed by atoms with E-state index in [2.05, 4.69) is 10.3 Å². The molecule has 102 valence electrons. The molecule has 0 fully saturated rings. The highest BCUT2D eigenvalue weighted by molar-refractivity contribution is 6.29. The SMILES string of the molecule is O=C(Nc1ccc(F)cc1[N+](=O)[O-])c1ccc(Cl)nc1. The molecule has 1 heterocycles. The van der Waals surface area contributed by atoms with E-state index in [9.17, 15) is 19.3 Å². The minimum atomic E-state index is -0.779. The predicted octanol–water partition coefficient (Wildman–Crippen LogP) is 3.03. The molecule has 2 aromatic rings. The number of amides is 1. The molecule has 0 aliphatic heterocycles. The van der Waals surface area contributed by atoms with Crippen molar-refractivity contribution in [1.29, 1.82) is 0 Å². The van der Waals surface area contributed by atoms with Crippen LogP contribution in [0.4, 0.5) is 15.8 Å². The first-order valence-electron chi connectivity index (χ1n) is 5.34. The summed E-state index contributed by atoms with van der Waals surface area (Å²) in [7, 11) is 0. The number of aromatic nitrogens is 1. The Labute approximate surface area is 117 Å². The van der Waals surface area contributed by atoms with Crippen molar-refractivity contribution in [2.45, 2.75) is 0 Å². The van der Waals surface area contributed by atoms with E-state index in [-0.39, 0.29) is 16.4 Å². The maximum absolute atomic E-state index is 13.0. The third-order valence-corrected chi connectivity index (χ3v) is 2.62. The molecule has 0 bridgehead atoms. The number of hydrogen-bond donors (Lipinski definition) is 1. The monoisotopic (exact) mass is 295 g/mol. The van der Waals surface area contributed by atoms with Crippen molar-refractivity contribution in [2.24, 2.45) is 0 Å². The quantitative estimate of drug-likeness (QED) is 0.536. The van der Waals surface area contributed by atoms with Crippen LogP contribution < -0.4 is 5.32 Å². The van der Waals surface area contributed by atoms with Crippen LogP contribution in [0.5, 0.6) is 0 Å². The standard InChI is InChI=1S/C12H7ClFN3O3/c13-11-4-1-7(6-15-11)12(18)16-9-3-2-8(14)5-10(9)17(19)20/h1-6H,(H,16,18). The number of rotatable bonds is 3. The zero-order valence-electron chi connectivity index (χ0n) is 9.84. The van der Waals surface area contributed by atoms with Crippen molar-refractivity contribution < 1.29 is 14.1 Å². The number of hydrogen-bond acceptors (Lipinski definition) is 4. The minimum absolute atomic E-state index is 0.101. The Hall–Kier alpha value is -2.54. The summed E-state index contributed by atoms with van der Waals surface area (Å²) in [6, 6.07) is 5.70. The molecule has 0 radical (unpaired) electrons. The van der Waals surface area contributed by atoms with Gasteiger partial charge in [0.15, 0.2) is 0 Å². The van der Waals surface area contributed by atoms with Gasteiger partial charge in [0.25, 0.3) is 11.6 Å². The van der Waals surface area contributed by atoms with E-state index >= 15 is 0 Å². The fourth-order valence-electron chi connectivity index (χ4n) is 1.47. The number of nitrogens with zero attached hydrogens (tertiary/aromatic N) is 2. The first-order chi connectivity index (χ1) is 9.47. The number of carbonyl (C=O) groups is 1. The first-order valence-corrected chi connectivity index (χ1v) is 5.72. The maximum atomic E-state index is 13.0. The van der Waals surface area contributed by atoms with Crippen molar-refractivity contribution in [3.63, 3.8) is 0 Å². The summed E-state index contributed by atoms with van der Waals surface area (Å²) in [6.45, 7) is 0. The Balaban J connectivity index is 2.28. The lowest BCUT2D eigenvalue weighted by molar-refractivity contribution is -0.384. The molecular formula is C12H7ClFN3O3. The number of benzene rings is 1. The molecule has 1 N–H and O–H groups in total. The number of nitro groups is 1. The van der Waals surface area contributed by atoms with Crippen LogP contribution in [-0.4, -0.2) is 15.8 Å². The van der Waals surface area contributed by atoms with E-state index in [0.717, 1.165) is 18.2 Å². The highest BCUT2D eigenvalue weighted by Gasteiger charge is 2.17. The van der Waals surface area contributed by atoms with E-state index in [1.165, 1.54) is 18.3 Å². The van der Waals surface area contributed by atoms with Crippen LogP contribution in [0, 0.1) is 15.9 Å². The summed E-state index contributed by atoms with van der Waals surface area (Å²) in [5, 5.41) is 13.3. The minimum Gasteiger partial charge on any atom is -0.316 e. The molecular weight excluding hydrogens is 289 g/mol. The second-order valence-electron chi connectivity index (χ2n) is 3.74. The number of nitrogens with one attached hydrogen (secondary N) is 1. The molecule has 8 heteroatoms. The summed E-state index contributed by atoms with van der Waals surface area (Å²) in [5.74, 6) is -1.37. The number of pyridine rings is 1. The van der Waals surface area contributed by atoms with Gasteiger partial charge in [-0.1, -0.05) is 11.6 Å². The average Bonchev–Trinajstić information content (AvgIpc) is 2.41. The van der Waals surface area contributed by atoms with Gasteiger partial charge in [0.1, 0.15) is 16.7 Å². The summed E-state index contributed by atoms with van der Waals surface area (Å²) in [4.78, 5) is 25.6. The smallest absolute Gasteiger partial charge is 0.295 e. The second kappa shape index (κ2) is 5.62. The van der Waals surface area contributed by atoms with Crippen molar-refractivity contribution in [3.05, 3.63) is 63.2 Å². The normalized spacial score (nSPS) is 10.1. The van der Waals surface area contributed by atoms with Gasteiger partial charge in [-0.15, -0.1) is 0 Å². The Morgan fingerprint density at radius 3 is 2.70 bits per heavy atom. The van der Waals surface area contributed by atoms with Gasteiger partial charge in [0, 0.05) is 6.20 Å². The molecule has 0 saturated carbocycles. The third kappa shape index (κ3) is 3.07. The van der Waals surface area contributed by atoms with E-state index in [1.54, 1.807) is 0 Å². The molecule has 1 aromatic heterocycles. The van der Waals surface area contributed by atoms with Gasteiger partial charge < -0.3 is 5.32 Å². The van der Waals surface area contributed by atoms with Crippen molar-refractivity contribution in [3.8, 4) is 0 Å². The molecule has 1 amide bonds. The lowest BCUT2D eigenvalue weighted by Crippen LogP contribution is -2.13. The van der Waals surface area contributed by atoms with Crippen LogP contribution in [0.1, 0.15) is 10.4 Å². The molecule has 20 heavy (non-hydrogen) atoms. The molecule has 2 rings (SSSR count). The van der Waals surface area contributed by atoms with Gasteiger partial charge in [-0.2, -0.15) is 0 Å². The number of carbonyl (C=O) groups excluding carboxylic acids is 1. The van der Waals surface area contributed by atoms with Gasteiger partial charge in [0.2, 0.25) is 0 Å². The van der Waals surface area contributed by atoms with Crippen LogP contribution in [-0.2, 0) is 0 Å². The summed E-state index contributed by atoms with van der Waals surface area (Å²) in [5.41, 5.74) is -0.454. The van der Waals surface area contributed by atoms with Crippen LogP contribution in [0.25, 0.3) is 0 Å². The van der Waals surface area contributed by atoms with Gasteiger partial charge in [0.05, 0.1) is 16.6 Å². The molecule has 6 nitrogen and oxygen atoms in total. The van der Waals surface area contributed by atoms with Crippen LogP contribution in [0.2, 0.25) is 5.15 Å². The van der Waals surface area contributed by atoms with Gasteiger partial charge in [-0.3, -0.25) is 14.9 Å². The lowest BCUT2D eigenvalue weighted by Gasteiger charge is -2.05. The van der Waals surface area contributed by atoms with Crippen molar-refractivity contribution in [2.75, 3.05) is 5.32 Å². The summed E-state index contributed by atoms with van der Waals surface area (Å²) < 4.78 is 13.0. The summed E-state index contributed by atoms with van der Waals surface area (Å²) >= 11 is 5.59. The van der Waals surface area contributed by atoms with Crippen molar-refractivity contribution >= 4 is 28.9 Å². The molecule has 0 saturated heterocycles. The second-order valence-corrected chi connectivity index (χ2v) is 4.13. The van der Waals surface area contributed by atoms with E-state index in [1.807, 2.05) is 0 Å². The number of halogens is 2. The van der Waals surface area contributed by atoms with Crippen LogP contribution >= 0.6 is 11.6 Å². The van der Waals surface area contributed by atoms with Crippen LogP contribution in [0.15, 0.2) is 36.5 Å². The topological polar surface area (TPSA) is 85.1 Å². The zero-order chi connectivity index (χ0) is 14.7. The molecule has 0 aliphatic rings. The summed E-state index contributed by atoms with van der Waals surface area (Å²) in [6.07, 6.45) is 1.23. The predicted molar refractivity (Wildman–Crippen MR) is 70.3 cm³/mol. The Morgan fingerprint density at radius 1 is 1.35 bits per heavy atom. The zero-order valence-corrected chi connectivity index (χ0v) is 10.6. The van der Waals surface area contributed by atoms with E-state index in [4.69, 9.17) is 11.6 Å². The first kappa shape index (κ1) is 13.9. The van der Waals surface area contributed by atoms with Crippen molar-refractivity contribution in [1.82, 2.24) is 4.98 Å². The molecule has 1 aromatic carbocycles. The van der Waals surface area contributed by atoms with Gasteiger partial charge in [-0.25, -0.2) is 9.37 Å². The lowest BCUT2D eigenvalue weighted by atomic mass is 10.2. The highest BCUT2D eigenvalue weighted by atomic mass is 35.5. The Bertz CT molecular complexity index is 676. The number of anilines is 1. The maximum Gasteiger partial charge on any atom is 0.295 e. The Kier molecular flexibility index (Phi) is 3.90. The molecule has 0 spiro atoms. The largest absolute Gasteiger partial charge is 0.316 e. The van der Waals surface area contributed by atoms with Crippen LogP contribution in [0.3, 0.4) is 0 Å². The molecule has 0 atom stereocenters. The van der Waals surface area contributed by atoms with E-state index < -0.39 is 22.3 Å². The third-order valence-electron chi connectivity index (χ3n) is 2.39. The molecule has 0 aliphatic carbocycles. The van der Waals surface area contributed by atoms with Gasteiger partial charge in [-0.05, 0) is 24.3 Å². The van der Waals surface area contributed by atoms with E-state index in [0.29, 0.717) is 0 Å². The fraction of sp³-hybridized carbons (Fsp3) is 0. The Morgan fingerprint density at radius 2 is 2.10 bits per heavy atom. The van der Waals surface area contributed by atoms with Gasteiger partial charge >= 0.3 is 0 Å². The highest BCUT2D eigenvalue weighted by Crippen LogP contribution is 2.25. The average molecular weight is 296 g/mol. The molecule has 0 unspecified atom stereocenters.